The van der Waals surface area contributed by atoms with E-state index in [0.29, 0.717) is 24.0 Å². The molecule has 0 saturated heterocycles. The monoisotopic (exact) mass is 333 g/mol. The number of hydrogen-bond acceptors (Lipinski definition) is 4. The number of aromatic amines is 1. The molecule has 0 aliphatic heterocycles. The third kappa shape index (κ3) is 3.80. The summed E-state index contributed by atoms with van der Waals surface area (Å²) < 4.78 is 25.2. The number of benzene rings is 1. The van der Waals surface area contributed by atoms with Crippen molar-refractivity contribution >= 4 is 9.84 Å². The van der Waals surface area contributed by atoms with Gasteiger partial charge in [0.05, 0.1) is 5.25 Å². The van der Waals surface area contributed by atoms with Crippen LogP contribution in [0.4, 0.5) is 0 Å². The van der Waals surface area contributed by atoms with Crippen molar-refractivity contribution in [2.24, 2.45) is 0 Å². The van der Waals surface area contributed by atoms with Crippen LogP contribution in [-0.4, -0.2) is 28.8 Å². The van der Waals surface area contributed by atoms with E-state index in [9.17, 15) is 8.42 Å². The zero-order valence-electron chi connectivity index (χ0n) is 13.4. The van der Waals surface area contributed by atoms with Crippen molar-refractivity contribution < 1.29 is 8.42 Å². The predicted octanol–water partition coefficient (Wildman–Crippen LogP) is 3.01. The summed E-state index contributed by atoms with van der Waals surface area (Å²) in [5.74, 6) is 1.59. The first-order chi connectivity index (χ1) is 11.1. The largest absolute Gasteiger partial charge is 0.262 e. The van der Waals surface area contributed by atoms with Crippen molar-refractivity contribution in [3.63, 3.8) is 0 Å². The molecule has 0 radical (unpaired) electrons. The lowest BCUT2D eigenvalue weighted by Gasteiger charge is -2.28. The van der Waals surface area contributed by atoms with Gasteiger partial charge < -0.3 is 0 Å². The second kappa shape index (κ2) is 6.83. The number of hydrogen-bond donors (Lipinski definition) is 1. The maximum absolute atomic E-state index is 12.6. The number of nitrogens with zero attached hydrogens (tertiary/aromatic N) is 2. The fraction of sp³-hybridized carbons (Fsp3) is 0.529. The number of rotatable bonds is 5. The van der Waals surface area contributed by atoms with Crippen LogP contribution >= 0.6 is 0 Å². The van der Waals surface area contributed by atoms with Crippen molar-refractivity contribution in [2.75, 3.05) is 0 Å². The Morgan fingerprint density at radius 3 is 2.43 bits per heavy atom. The highest BCUT2D eigenvalue weighted by Crippen LogP contribution is 2.35. The lowest BCUT2D eigenvalue weighted by atomic mass is 9.84. The molecule has 3 rings (SSSR count). The third-order valence-electron chi connectivity index (χ3n) is 4.69. The fourth-order valence-electron chi connectivity index (χ4n) is 3.35. The maximum Gasteiger partial charge on any atom is 0.160 e. The van der Waals surface area contributed by atoms with Gasteiger partial charge in [0.15, 0.2) is 9.84 Å². The topological polar surface area (TPSA) is 75.7 Å². The zero-order valence-corrected chi connectivity index (χ0v) is 14.2. The lowest BCUT2D eigenvalue weighted by molar-refractivity contribution is 0.435. The van der Waals surface area contributed by atoms with Gasteiger partial charge in [0.1, 0.15) is 17.4 Å². The minimum atomic E-state index is -3.17. The van der Waals surface area contributed by atoms with E-state index in [2.05, 4.69) is 27.3 Å². The Morgan fingerprint density at radius 1 is 1.13 bits per heavy atom. The van der Waals surface area contributed by atoms with E-state index in [0.717, 1.165) is 25.7 Å². The van der Waals surface area contributed by atoms with Crippen LogP contribution in [0.15, 0.2) is 30.3 Å². The molecule has 1 fully saturated rings. The number of H-pyrrole nitrogens is 1. The molecule has 1 saturated carbocycles. The van der Waals surface area contributed by atoms with Gasteiger partial charge in [-0.15, -0.1) is 0 Å². The summed E-state index contributed by atoms with van der Waals surface area (Å²) in [7, 11) is -3.17. The Hall–Kier alpha value is -1.69. The van der Waals surface area contributed by atoms with Gasteiger partial charge in [-0.2, -0.15) is 5.10 Å². The maximum atomic E-state index is 12.6. The molecular weight excluding hydrogens is 310 g/mol. The van der Waals surface area contributed by atoms with Gasteiger partial charge in [0, 0.05) is 6.42 Å². The van der Waals surface area contributed by atoms with E-state index in [1.807, 2.05) is 25.1 Å². The summed E-state index contributed by atoms with van der Waals surface area (Å²) in [6, 6.07) is 10.4. The van der Waals surface area contributed by atoms with Gasteiger partial charge in [0.2, 0.25) is 0 Å². The van der Waals surface area contributed by atoms with Crippen LogP contribution in [0.1, 0.15) is 55.7 Å². The number of sulfone groups is 1. The standard InChI is InChI=1S/C17H23N3O2S/c1-2-16-18-17(20-19-16)12-23(21,22)15-10-8-14(9-11-15)13-6-4-3-5-7-13/h3-7,14-15H,2,8-12H2,1H3,(H,18,19,20). The normalized spacial score (nSPS) is 22.1. The molecule has 124 valence electrons. The van der Waals surface area contributed by atoms with Crippen LogP contribution in [0.5, 0.6) is 0 Å². The molecule has 0 unspecified atom stereocenters. The van der Waals surface area contributed by atoms with Crippen molar-refractivity contribution in [1.82, 2.24) is 15.2 Å². The second-order valence-corrected chi connectivity index (χ2v) is 8.52. The Bertz CT molecular complexity index is 732. The molecule has 0 bridgehead atoms. The average molecular weight is 333 g/mol. The van der Waals surface area contributed by atoms with Gasteiger partial charge in [-0.05, 0) is 37.2 Å². The minimum Gasteiger partial charge on any atom is -0.262 e. The highest BCUT2D eigenvalue weighted by Gasteiger charge is 2.32. The fourth-order valence-corrected chi connectivity index (χ4v) is 5.08. The van der Waals surface area contributed by atoms with Crippen molar-refractivity contribution in [3.8, 4) is 0 Å². The SMILES string of the molecule is CCc1n[nH]c(CS(=O)(=O)C2CCC(c3ccccc3)CC2)n1. The summed E-state index contributed by atoms with van der Waals surface area (Å²) in [5, 5.41) is 6.51. The first kappa shape index (κ1) is 16.2. The molecule has 23 heavy (non-hydrogen) atoms. The molecule has 0 atom stereocenters. The molecule has 0 spiro atoms. The summed E-state index contributed by atoms with van der Waals surface area (Å²) in [6.07, 6.45) is 4.04. The van der Waals surface area contributed by atoms with E-state index >= 15 is 0 Å². The Balaban J connectivity index is 1.62. The van der Waals surface area contributed by atoms with Gasteiger partial charge in [-0.3, -0.25) is 5.10 Å². The molecule has 6 heteroatoms. The highest BCUT2D eigenvalue weighted by atomic mass is 32.2. The highest BCUT2D eigenvalue weighted by molar-refractivity contribution is 7.91. The molecule has 1 aromatic heterocycles. The van der Waals surface area contributed by atoms with Crippen LogP contribution in [0.2, 0.25) is 0 Å². The van der Waals surface area contributed by atoms with Gasteiger partial charge >= 0.3 is 0 Å². The molecule has 1 aliphatic carbocycles. The van der Waals surface area contributed by atoms with Gasteiger partial charge in [0.25, 0.3) is 0 Å². The molecule has 1 aromatic carbocycles. The molecule has 1 aliphatic rings. The molecule has 0 amide bonds. The number of nitrogens with one attached hydrogen (secondary N) is 1. The van der Waals surface area contributed by atoms with Crippen molar-refractivity contribution in [1.29, 1.82) is 0 Å². The van der Waals surface area contributed by atoms with Crippen molar-refractivity contribution in [2.45, 2.75) is 55.9 Å². The van der Waals surface area contributed by atoms with Crippen LogP contribution < -0.4 is 0 Å². The van der Waals surface area contributed by atoms with Crippen LogP contribution in [-0.2, 0) is 22.0 Å². The lowest BCUT2D eigenvalue weighted by Crippen LogP contribution is -2.28. The van der Waals surface area contributed by atoms with E-state index < -0.39 is 9.84 Å². The second-order valence-electron chi connectivity index (χ2n) is 6.24. The zero-order chi connectivity index (χ0) is 16.3. The van der Waals surface area contributed by atoms with Crippen LogP contribution in [0.25, 0.3) is 0 Å². The molecule has 1 heterocycles. The minimum absolute atomic E-state index is 0.0271. The van der Waals surface area contributed by atoms with E-state index in [1.165, 1.54) is 5.56 Å². The van der Waals surface area contributed by atoms with Crippen molar-refractivity contribution in [3.05, 3.63) is 47.5 Å². The summed E-state index contributed by atoms with van der Waals surface area (Å²) in [6.45, 7) is 1.95. The quantitative estimate of drug-likeness (QED) is 0.912. The van der Waals surface area contributed by atoms with E-state index in [1.54, 1.807) is 0 Å². The average Bonchev–Trinajstić information content (AvgIpc) is 3.03. The summed E-state index contributed by atoms with van der Waals surface area (Å²) in [5.41, 5.74) is 1.33. The van der Waals surface area contributed by atoms with E-state index in [-0.39, 0.29) is 11.0 Å². The predicted molar refractivity (Wildman–Crippen MR) is 89.8 cm³/mol. The molecule has 2 aromatic rings. The van der Waals surface area contributed by atoms with E-state index in [4.69, 9.17) is 0 Å². The molecular formula is C17H23N3O2S. The number of aromatic nitrogens is 3. The Morgan fingerprint density at radius 2 is 1.83 bits per heavy atom. The smallest absolute Gasteiger partial charge is 0.160 e. The first-order valence-corrected chi connectivity index (χ1v) is 9.96. The van der Waals surface area contributed by atoms with Crippen LogP contribution in [0.3, 0.4) is 0 Å². The first-order valence-electron chi connectivity index (χ1n) is 8.25. The number of aryl methyl sites for hydroxylation is 1. The third-order valence-corrected chi connectivity index (χ3v) is 6.85. The summed E-state index contributed by atoms with van der Waals surface area (Å²) in [4.78, 5) is 4.23. The Labute approximate surface area is 137 Å². The van der Waals surface area contributed by atoms with Gasteiger partial charge in [-0.1, -0.05) is 37.3 Å². The molecule has 5 nitrogen and oxygen atoms in total. The molecule has 1 N–H and O–H groups in total. The summed E-state index contributed by atoms with van der Waals surface area (Å²) >= 11 is 0. The van der Waals surface area contributed by atoms with Gasteiger partial charge in [-0.25, -0.2) is 13.4 Å². The van der Waals surface area contributed by atoms with Crippen LogP contribution in [0, 0.1) is 0 Å². The Kier molecular flexibility index (Phi) is 4.80.